The number of carbonyl (C=O) groups is 2. The number of thioether (sulfide) groups is 1. The summed E-state index contributed by atoms with van der Waals surface area (Å²) in [7, 11) is 0. The Morgan fingerprint density at radius 2 is 2.12 bits per heavy atom. The molecule has 1 aliphatic heterocycles. The van der Waals surface area contributed by atoms with Gasteiger partial charge in [0, 0.05) is 12.0 Å². The predicted octanol–water partition coefficient (Wildman–Crippen LogP) is 1.69. The van der Waals surface area contributed by atoms with Crippen molar-refractivity contribution in [1.82, 2.24) is 4.90 Å². The molecule has 1 rings (SSSR count). The molecular weight excluding hydrogens is 224 g/mol. The maximum atomic E-state index is 12.0. The molecule has 5 heteroatoms. The van der Waals surface area contributed by atoms with E-state index in [2.05, 4.69) is 0 Å². The summed E-state index contributed by atoms with van der Waals surface area (Å²) in [5, 5.41) is 6.66. The van der Waals surface area contributed by atoms with Gasteiger partial charge in [-0.2, -0.15) is 0 Å². The third-order valence-electron chi connectivity index (χ3n) is 2.36. The van der Waals surface area contributed by atoms with Crippen LogP contribution in [0, 0.1) is 5.41 Å². The Bertz CT molecular complexity index is 310. The van der Waals surface area contributed by atoms with Crippen molar-refractivity contribution in [3.05, 3.63) is 0 Å². The van der Waals surface area contributed by atoms with E-state index in [-0.39, 0.29) is 17.1 Å². The standard InChI is InChI=1S/C11H18N2O2S/c1-11(2,3)13-9(14)7-8(10(13)15)16-6-4-5-12/h5,8,12H,4,6-7H2,1-3H3. The molecule has 0 aromatic rings. The molecule has 1 N–H and O–H groups in total. The zero-order chi connectivity index (χ0) is 12.3. The number of nitrogens with zero attached hydrogens (tertiary/aromatic N) is 1. The number of amides is 2. The Balaban J connectivity index is 2.64. The third kappa shape index (κ3) is 2.84. The summed E-state index contributed by atoms with van der Waals surface area (Å²) in [6, 6.07) is 0. The average Bonchev–Trinajstić information content (AvgIpc) is 2.41. The van der Waals surface area contributed by atoms with Gasteiger partial charge < -0.3 is 5.41 Å². The van der Waals surface area contributed by atoms with E-state index in [0.717, 1.165) is 5.75 Å². The van der Waals surface area contributed by atoms with Gasteiger partial charge in [-0.1, -0.05) is 0 Å². The largest absolute Gasteiger partial charge is 0.313 e. The minimum absolute atomic E-state index is 0.0764. The number of imide groups is 1. The van der Waals surface area contributed by atoms with Crippen LogP contribution in [0.4, 0.5) is 0 Å². The van der Waals surface area contributed by atoms with Crippen molar-refractivity contribution in [2.75, 3.05) is 5.75 Å². The van der Waals surface area contributed by atoms with E-state index in [4.69, 9.17) is 5.41 Å². The Kier molecular flexibility index (Phi) is 4.13. The molecule has 1 fully saturated rings. The topological polar surface area (TPSA) is 61.2 Å². The van der Waals surface area contributed by atoms with Crippen LogP contribution in [0.15, 0.2) is 0 Å². The first-order valence-electron chi connectivity index (χ1n) is 5.35. The van der Waals surface area contributed by atoms with Gasteiger partial charge in [-0.15, -0.1) is 11.8 Å². The monoisotopic (exact) mass is 242 g/mol. The van der Waals surface area contributed by atoms with Crippen LogP contribution < -0.4 is 0 Å². The lowest BCUT2D eigenvalue weighted by atomic mass is 10.1. The molecule has 0 bridgehead atoms. The Morgan fingerprint density at radius 1 is 1.50 bits per heavy atom. The van der Waals surface area contributed by atoms with Crippen molar-refractivity contribution < 1.29 is 9.59 Å². The van der Waals surface area contributed by atoms with Gasteiger partial charge >= 0.3 is 0 Å². The van der Waals surface area contributed by atoms with E-state index in [1.807, 2.05) is 20.8 Å². The zero-order valence-corrected chi connectivity index (χ0v) is 10.8. The molecule has 1 heterocycles. The molecule has 4 nitrogen and oxygen atoms in total. The minimum Gasteiger partial charge on any atom is -0.313 e. The van der Waals surface area contributed by atoms with Gasteiger partial charge in [-0.05, 0) is 39.2 Å². The second-order valence-corrected chi connectivity index (χ2v) is 6.11. The molecule has 2 amide bonds. The molecule has 0 spiro atoms. The molecular formula is C11H18N2O2S. The quantitative estimate of drug-likeness (QED) is 0.463. The van der Waals surface area contributed by atoms with Gasteiger partial charge in [0.2, 0.25) is 11.8 Å². The maximum absolute atomic E-state index is 12.0. The highest BCUT2D eigenvalue weighted by Crippen LogP contribution is 2.30. The van der Waals surface area contributed by atoms with Crippen molar-refractivity contribution in [2.24, 2.45) is 0 Å². The third-order valence-corrected chi connectivity index (χ3v) is 3.60. The lowest BCUT2D eigenvalue weighted by Crippen LogP contribution is -2.45. The second-order valence-electron chi connectivity index (χ2n) is 4.79. The van der Waals surface area contributed by atoms with E-state index >= 15 is 0 Å². The molecule has 0 radical (unpaired) electrons. The lowest BCUT2D eigenvalue weighted by Gasteiger charge is -2.30. The van der Waals surface area contributed by atoms with E-state index in [9.17, 15) is 9.59 Å². The van der Waals surface area contributed by atoms with Gasteiger partial charge in [0.25, 0.3) is 0 Å². The predicted molar refractivity (Wildman–Crippen MR) is 65.9 cm³/mol. The van der Waals surface area contributed by atoms with Crippen molar-refractivity contribution in [1.29, 1.82) is 5.41 Å². The lowest BCUT2D eigenvalue weighted by molar-refractivity contribution is -0.143. The molecule has 0 saturated carbocycles. The summed E-state index contributed by atoms with van der Waals surface area (Å²) >= 11 is 1.48. The molecule has 0 aromatic heterocycles. The molecule has 0 aliphatic carbocycles. The van der Waals surface area contributed by atoms with E-state index < -0.39 is 5.54 Å². The van der Waals surface area contributed by atoms with Crippen LogP contribution in [0.25, 0.3) is 0 Å². The van der Waals surface area contributed by atoms with Crippen molar-refractivity contribution in [2.45, 2.75) is 44.4 Å². The van der Waals surface area contributed by atoms with E-state index in [1.165, 1.54) is 22.9 Å². The van der Waals surface area contributed by atoms with Crippen LogP contribution in [0.3, 0.4) is 0 Å². The smallest absolute Gasteiger partial charge is 0.243 e. The van der Waals surface area contributed by atoms with Crippen molar-refractivity contribution in [3.63, 3.8) is 0 Å². The van der Waals surface area contributed by atoms with Gasteiger partial charge in [0.15, 0.2) is 0 Å². The Hall–Kier alpha value is -0.840. The molecule has 1 unspecified atom stereocenters. The molecule has 16 heavy (non-hydrogen) atoms. The highest BCUT2D eigenvalue weighted by Gasteiger charge is 2.43. The number of likely N-dealkylation sites (tertiary alicyclic amines) is 1. The van der Waals surface area contributed by atoms with Crippen molar-refractivity contribution >= 4 is 29.8 Å². The summed E-state index contributed by atoms with van der Waals surface area (Å²) in [5.74, 6) is 0.572. The number of hydrogen-bond acceptors (Lipinski definition) is 4. The first-order valence-corrected chi connectivity index (χ1v) is 6.40. The van der Waals surface area contributed by atoms with Crippen molar-refractivity contribution in [3.8, 4) is 0 Å². The number of nitrogens with one attached hydrogen (secondary N) is 1. The Labute approximate surface area is 100 Å². The summed E-state index contributed by atoms with van der Waals surface area (Å²) in [5.41, 5.74) is -0.426. The van der Waals surface area contributed by atoms with Gasteiger partial charge in [-0.3, -0.25) is 14.5 Å². The molecule has 1 saturated heterocycles. The molecule has 0 aromatic carbocycles. The van der Waals surface area contributed by atoms with Crippen LogP contribution >= 0.6 is 11.8 Å². The molecule has 1 aliphatic rings. The molecule has 1 atom stereocenters. The van der Waals surface area contributed by atoms with E-state index in [0.29, 0.717) is 12.8 Å². The maximum Gasteiger partial charge on any atom is 0.243 e. The van der Waals surface area contributed by atoms with Crippen LogP contribution in [-0.4, -0.2) is 39.5 Å². The van der Waals surface area contributed by atoms with Crippen LogP contribution in [-0.2, 0) is 9.59 Å². The summed E-state index contributed by atoms with van der Waals surface area (Å²) in [6.45, 7) is 5.61. The van der Waals surface area contributed by atoms with E-state index in [1.54, 1.807) is 0 Å². The van der Waals surface area contributed by atoms with Gasteiger partial charge in [0.05, 0.1) is 5.25 Å². The number of carbonyl (C=O) groups excluding carboxylic acids is 2. The van der Waals surface area contributed by atoms with Crippen LogP contribution in [0.2, 0.25) is 0 Å². The highest BCUT2D eigenvalue weighted by molar-refractivity contribution is 8.00. The fourth-order valence-corrected chi connectivity index (χ4v) is 2.76. The van der Waals surface area contributed by atoms with Gasteiger partial charge in [-0.25, -0.2) is 0 Å². The number of hydrogen-bond donors (Lipinski definition) is 1. The fraction of sp³-hybridized carbons (Fsp3) is 0.727. The first kappa shape index (κ1) is 13.2. The summed E-state index contributed by atoms with van der Waals surface area (Å²) in [4.78, 5) is 25.1. The number of rotatable bonds is 4. The zero-order valence-electron chi connectivity index (χ0n) is 9.95. The molecule has 90 valence electrons. The summed E-state index contributed by atoms with van der Waals surface area (Å²) < 4.78 is 0. The first-order chi connectivity index (χ1) is 7.38. The van der Waals surface area contributed by atoms with Gasteiger partial charge in [0.1, 0.15) is 0 Å². The average molecular weight is 242 g/mol. The highest BCUT2D eigenvalue weighted by atomic mass is 32.2. The van der Waals surface area contributed by atoms with Crippen LogP contribution in [0.1, 0.15) is 33.6 Å². The Morgan fingerprint density at radius 3 is 2.56 bits per heavy atom. The van der Waals surface area contributed by atoms with Crippen LogP contribution in [0.5, 0.6) is 0 Å². The second kappa shape index (κ2) is 4.99. The fourth-order valence-electron chi connectivity index (χ4n) is 1.71. The normalized spacial score (nSPS) is 21.7. The minimum atomic E-state index is -0.426. The SMILES string of the molecule is CC(C)(C)N1C(=O)CC(SCCC=N)C1=O. The summed E-state index contributed by atoms with van der Waals surface area (Å²) in [6.07, 6.45) is 2.28.